The molecule has 0 atom stereocenters. The molecule has 0 bridgehead atoms. The van der Waals surface area contributed by atoms with Gasteiger partial charge < -0.3 is 10.1 Å². The number of nitrogens with one attached hydrogen (secondary N) is 1. The molecule has 19 heavy (non-hydrogen) atoms. The Kier molecular flexibility index (Phi) is 5.33. The van der Waals surface area contributed by atoms with Crippen LogP contribution in [0.2, 0.25) is 5.02 Å². The van der Waals surface area contributed by atoms with E-state index in [1.807, 2.05) is 24.4 Å². The molecule has 1 N–H and O–H groups in total. The Hall–Kier alpha value is -0.950. The summed E-state index contributed by atoms with van der Waals surface area (Å²) in [5.41, 5.74) is 1.73. The standard InChI is InChI=1S/C12H14BrClN4O/c1-19-5-4-15-7-10-8-18(17-16-10)12-6-9(14)2-3-11(12)13/h2-3,6,8,15H,4-5,7H2,1H3. The summed E-state index contributed by atoms with van der Waals surface area (Å²) in [6, 6.07) is 5.54. The summed E-state index contributed by atoms with van der Waals surface area (Å²) >= 11 is 9.45. The van der Waals surface area contributed by atoms with Gasteiger partial charge in [-0.25, -0.2) is 4.68 Å². The van der Waals surface area contributed by atoms with Crippen LogP contribution in [-0.4, -0.2) is 35.3 Å². The number of benzene rings is 1. The average Bonchev–Trinajstić information content (AvgIpc) is 2.86. The highest BCUT2D eigenvalue weighted by Gasteiger charge is 2.06. The third kappa shape index (κ3) is 4.01. The zero-order chi connectivity index (χ0) is 13.7. The highest BCUT2D eigenvalue weighted by Crippen LogP contribution is 2.24. The van der Waals surface area contributed by atoms with Crippen molar-refractivity contribution in [1.29, 1.82) is 0 Å². The van der Waals surface area contributed by atoms with E-state index in [9.17, 15) is 0 Å². The Morgan fingerprint density at radius 2 is 2.32 bits per heavy atom. The molecule has 0 aliphatic rings. The predicted octanol–water partition coefficient (Wildman–Crippen LogP) is 2.42. The highest BCUT2D eigenvalue weighted by molar-refractivity contribution is 9.10. The van der Waals surface area contributed by atoms with Gasteiger partial charge in [-0.2, -0.15) is 0 Å². The van der Waals surface area contributed by atoms with Crippen LogP contribution in [0, 0.1) is 0 Å². The molecule has 0 fully saturated rings. The Labute approximate surface area is 125 Å². The summed E-state index contributed by atoms with van der Waals surface area (Å²) in [6.07, 6.45) is 1.87. The van der Waals surface area contributed by atoms with Gasteiger partial charge in [-0.05, 0) is 34.1 Å². The SMILES string of the molecule is COCCNCc1cn(-c2cc(Cl)ccc2Br)nn1. The molecule has 1 aromatic carbocycles. The first-order chi connectivity index (χ1) is 9.20. The minimum Gasteiger partial charge on any atom is -0.383 e. The number of halogens is 2. The Bertz CT molecular complexity index is 546. The van der Waals surface area contributed by atoms with E-state index < -0.39 is 0 Å². The summed E-state index contributed by atoms with van der Waals surface area (Å²) in [4.78, 5) is 0. The van der Waals surface area contributed by atoms with Crippen LogP contribution >= 0.6 is 27.5 Å². The quantitative estimate of drug-likeness (QED) is 0.817. The fourth-order valence-corrected chi connectivity index (χ4v) is 2.14. The van der Waals surface area contributed by atoms with Crippen molar-refractivity contribution in [3.05, 3.63) is 39.6 Å². The normalized spacial score (nSPS) is 10.9. The number of nitrogens with zero attached hydrogens (tertiary/aromatic N) is 3. The molecular formula is C12H14BrClN4O. The summed E-state index contributed by atoms with van der Waals surface area (Å²) in [7, 11) is 1.68. The first kappa shape index (κ1) is 14.5. The van der Waals surface area contributed by atoms with E-state index in [-0.39, 0.29) is 0 Å². The predicted molar refractivity (Wildman–Crippen MR) is 77.7 cm³/mol. The molecule has 2 rings (SSSR count). The average molecular weight is 346 g/mol. The van der Waals surface area contributed by atoms with Gasteiger partial charge in [0.15, 0.2) is 0 Å². The lowest BCUT2D eigenvalue weighted by Crippen LogP contribution is -2.18. The van der Waals surface area contributed by atoms with Crippen LogP contribution in [0.4, 0.5) is 0 Å². The molecule has 0 amide bonds. The highest BCUT2D eigenvalue weighted by atomic mass is 79.9. The zero-order valence-electron chi connectivity index (χ0n) is 10.4. The van der Waals surface area contributed by atoms with Crippen molar-refractivity contribution in [2.75, 3.05) is 20.3 Å². The molecule has 102 valence electrons. The molecule has 7 heteroatoms. The minimum atomic E-state index is 0.654. The van der Waals surface area contributed by atoms with Gasteiger partial charge in [0.25, 0.3) is 0 Å². The maximum Gasteiger partial charge on any atom is 0.0969 e. The van der Waals surface area contributed by atoms with E-state index >= 15 is 0 Å². The van der Waals surface area contributed by atoms with Gasteiger partial charge in [0.05, 0.1) is 24.2 Å². The molecular weight excluding hydrogens is 332 g/mol. The Morgan fingerprint density at radius 3 is 3.11 bits per heavy atom. The van der Waals surface area contributed by atoms with Crippen molar-refractivity contribution in [1.82, 2.24) is 20.3 Å². The molecule has 5 nitrogen and oxygen atoms in total. The lowest BCUT2D eigenvalue weighted by atomic mass is 10.3. The van der Waals surface area contributed by atoms with Crippen molar-refractivity contribution in [3.8, 4) is 5.69 Å². The van der Waals surface area contributed by atoms with Crippen LogP contribution in [0.1, 0.15) is 5.69 Å². The second kappa shape index (κ2) is 7.00. The number of ether oxygens (including phenoxy) is 1. The Balaban J connectivity index is 2.06. The molecule has 0 spiro atoms. The largest absolute Gasteiger partial charge is 0.383 e. The number of rotatable bonds is 6. The number of hydrogen-bond donors (Lipinski definition) is 1. The van der Waals surface area contributed by atoms with Crippen molar-refractivity contribution in [3.63, 3.8) is 0 Å². The van der Waals surface area contributed by atoms with Crippen molar-refractivity contribution in [2.45, 2.75) is 6.54 Å². The summed E-state index contributed by atoms with van der Waals surface area (Å²) in [6.45, 7) is 2.11. The molecule has 0 saturated heterocycles. The maximum atomic E-state index is 5.98. The van der Waals surface area contributed by atoms with Crippen LogP contribution in [0.25, 0.3) is 5.69 Å². The van der Waals surface area contributed by atoms with E-state index in [1.54, 1.807) is 11.8 Å². The van der Waals surface area contributed by atoms with Crippen LogP contribution < -0.4 is 5.32 Å². The minimum absolute atomic E-state index is 0.654. The fraction of sp³-hybridized carbons (Fsp3) is 0.333. The molecule has 1 aromatic heterocycles. The van der Waals surface area contributed by atoms with Gasteiger partial charge in [-0.1, -0.05) is 16.8 Å². The Morgan fingerprint density at radius 1 is 1.47 bits per heavy atom. The summed E-state index contributed by atoms with van der Waals surface area (Å²) in [5.74, 6) is 0. The van der Waals surface area contributed by atoms with Gasteiger partial charge in [0.2, 0.25) is 0 Å². The number of methoxy groups -OCH3 is 1. The number of hydrogen-bond acceptors (Lipinski definition) is 4. The van der Waals surface area contributed by atoms with Crippen molar-refractivity contribution >= 4 is 27.5 Å². The van der Waals surface area contributed by atoms with Crippen LogP contribution in [0.3, 0.4) is 0 Å². The monoisotopic (exact) mass is 344 g/mol. The second-order valence-electron chi connectivity index (χ2n) is 3.92. The molecule has 0 aliphatic carbocycles. The second-order valence-corrected chi connectivity index (χ2v) is 5.21. The molecule has 1 heterocycles. The lowest BCUT2D eigenvalue weighted by molar-refractivity contribution is 0.199. The van der Waals surface area contributed by atoms with Gasteiger partial charge >= 0.3 is 0 Å². The first-order valence-corrected chi connectivity index (χ1v) is 6.94. The van der Waals surface area contributed by atoms with Gasteiger partial charge in [0, 0.05) is 29.7 Å². The van der Waals surface area contributed by atoms with Gasteiger partial charge in [-0.15, -0.1) is 5.10 Å². The summed E-state index contributed by atoms with van der Waals surface area (Å²) in [5, 5.41) is 12.1. The maximum absolute atomic E-state index is 5.98. The zero-order valence-corrected chi connectivity index (χ0v) is 12.8. The topological polar surface area (TPSA) is 52.0 Å². The third-order valence-corrected chi connectivity index (χ3v) is 3.39. The fourth-order valence-electron chi connectivity index (χ4n) is 1.55. The van der Waals surface area contributed by atoms with Crippen molar-refractivity contribution in [2.24, 2.45) is 0 Å². The molecule has 2 aromatic rings. The van der Waals surface area contributed by atoms with E-state index in [1.165, 1.54) is 0 Å². The molecule has 0 saturated carbocycles. The van der Waals surface area contributed by atoms with Gasteiger partial charge in [-0.3, -0.25) is 0 Å². The molecule has 0 radical (unpaired) electrons. The smallest absolute Gasteiger partial charge is 0.0969 e. The number of aromatic nitrogens is 3. The van der Waals surface area contributed by atoms with Crippen LogP contribution in [0.5, 0.6) is 0 Å². The molecule has 0 aliphatic heterocycles. The lowest BCUT2D eigenvalue weighted by Gasteiger charge is -2.03. The van der Waals surface area contributed by atoms with E-state index in [0.29, 0.717) is 18.2 Å². The van der Waals surface area contributed by atoms with E-state index in [4.69, 9.17) is 16.3 Å². The van der Waals surface area contributed by atoms with Crippen molar-refractivity contribution < 1.29 is 4.74 Å². The van der Waals surface area contributed by atoms with E-state index in [2.05, 4.69) is 31.6 Å². The first-order valence-electron chi connectivity index (χ1n) is 5.77. The molecule has 0 unspecified atom stereocenters. The van der Waals surface area contributed by atoms with Crippen LogP contribution in [-0.2, 0) is 11.3 Å². The third-order valence-electron chi connectivity index (χ3n) is 2.48. The van der Waals surface area contributed by atoms with Crippen LogP contribution in [0.15, 0.2) is 28.9 Å². The summed E-state index contributed by atoms with van der Waals surface area (Å²) < 4.78 is 7.57. The van der Waals surface area contributed by atoms with E-state index in [0.717, 1.165) is 22.4 Å². The van der Waals surface area contributed by atoms with Gasteiger partial charge in [0.1, 0.15) is 0 Å².